The third-order valence-electron chi connectivity index (χ3n) is 3.12. The maximum atomic E-state index is 2.40. The molecule has 0 unspecified atom stereocenters. The zero-order valence-electron chi connectivity index (χ0n) is 7.07. The average Bonchev–Trinajstić information content (AvgIpc) is 2.42. The van der Waals surface area contributed by atoms with E-state index in [1.807, 2.05) is 0 Å². The summed E-state index contributed by atoms with van der Waals surface area (Å²) < 4.78 is 0. The second-order valence-corrected chi connectivity index (χ2v) is 4.25. The topological polar surface area (TPSA) is 0 Å². The molecule has 0 heteroatoms. The zero-order chi connectivity index (χ0) is 7.07. The predicted molar refractivity (Wildman–Crippen MR) is 41.3 cm³/mol. The molecule has 1 saturated carbocycles. The second kappa shape index (κ2) is 2.00. The Morgan fingerprint density at radius 1 is 1.22 bits per heavy atom. The van der Waals surface area contributed by atoms with Crippen LogP contribution in [0.4, 0.5) is 0 Å². The van der Waals surface area contributed by atoms with E-state index in [9.17, 15) is 0 Å². The molecule has 1 rings (SSSR count). The molecule has 9 heavy (non-hydrogen) atoms. The van der Waals surface area contributed by atoms with E-state index in [4.69, 9.17) is 0 Å². The lowest BCUT2D eigenvalue weighted by molar-refractivity contribution is 0.208. The fourth-order valence-electron chi connectivity index (χ4n) is 1.30. The van der Waals surface area contributed by atoms with Crippen LogP contribution >= 0.6 is 0 Å². The van der Waals surface area contributed by atoms with Crippen molar-refractivity contribution in [3.8, 4) is 0 Å². The Morgan fingerprint density at radius 2 is 1.67 bits per heavy atom. The Hall–Kier alpha value is 0. The van der Waals surface area contributed by atoms with Crippen LogP contribution in [-0.2, 0) is 0 Å². The predicted octanol–water partition coefficient (Wildman–Crippen LogP) is 3.08. The van der Waals surface area contributed by atoms with Gasteiger partial charge in [0.25, 0.3) is 0 Å². The molecule has 0 aromatic rings. The summed E-state index contributed by atoms with van der Waals surface area (Å²) >= 11 is 0. The van der Waals surface area contributed by atoms with Crippen LogP contribution in [0.15, 0.2) is 0 Å². The Kier molecular flexibility index (Phi) is 1.58. The highest BCUT2D eigenvalue weighted by atomic mass is 14.4. The van der Waals surface area contributed by atoms with Gasteiger partial charge in [0, 0.05) is 0 Å². The Labute approximate surface area is 58.7 Å². The fraction of sp³-hybridized carbons (Fsp3) is 1.00. The number of hydrogen-bond donors (Lipinski definition) is 0. The minimum atomic E-state index is 0.611. The van der Waals surface area contributed by atoms with Crippen molar-refractivity contribution in [2.75, 3.05) is 0 Å². The first-order valence-corrected chi connectivity index (χ1v) is 4.05. The van der Waals surface area contributed by atoms with Gasteiger partial charge in [0.1, 0.15) is 0 Å². The van der Waals surface area contributed by atoms with Crippen molar-refractivity contribution >= 4 is 0 Å². The van der Waals surface area contributed by atoms with Crippen LogP contribution < -0.4 is 0 Å². The van der Waals surface area contributed by atoms with Crippen molar-refractivity contribution in [3.05, 3.63) is 0 Å². The van der Waals surface area contributed by atoms with Crippen molar-refractivity contribution < 1.29 is 0 Å². The minimum Gasteiger partial charge on any atom is -0.0623 e. The SMILES string of the molecule is CC(C)C(C)(C)C1CC1. The van der Waals surface area contributed by atoms with Gasteiger partial charge >= 0.3 is 0 Å². The molecular weight excluding hydrogens is 108 g/mol. The molecule has 0 atom stereocenters. The summed E-state index contributed by atoms with van der Waals surface area (Å²) in [6.07, 6.45) is 2.95. The highest BCUT2D eigenvalue weighted by molar-refractivity contribution is 4.89. The molecule has 0 aromatic heterocycles. The van der Waals surface area contributed by atoms with Gasteiger partial charge in [-0.05, 0) is 30.1 Å². The van der Waals surface area contributed by atoms with Crippen LogP contribution in [0.3, 0.4) is 0 Å². The van der Waals surface area contributed by atoms with E-state index in [1.165, 1.54) is 12.8 Å². The molecule has 1 fully saturated rings. The highest BCUT2D eigenvalue weighted by Crippen LogP contribution is 2.49. The van der Waals surface area contributed by atoms with E-state index in [0.29, 0.717) is 5.41 Å². The molecular formula is C9H18. The molecule has 0 aliphatic heterocycles. The Balaban J connectivity index is 2.48. The first kappa shape index (κ1) is 7.11. The van der Waals surface area contributed by atoms with Gasteiger partial charge in [-0.25, -0.2) is 0 Å². The second-order valence-electron chi connectivity index (χ2n) is 4.25. The van der Waals surface area contributed by atoms with Crippen molar-refractivity contribution in [2.24, 2.45) is 17.3 Å². The first-order chi connectivity index (χ1) is 4.05. The van der Waals surface area contributed by atoms with Gasteiger partial charge in [0.2, 0.25) is 0 Å². The van der Waals surface area contributed by atoms with Crippen LogP contribution in [-0.4, -0.2) is 0 Å². The van der Waals surface area contributed by atoms with Crippen molar-refractivity contribution in [1.82, 2.24) is 0 Å². The maximum absolute atomic E-state index is 2.40. The third kappa shape index (κ3) is 1.28. The van der Waals surface area contributed by atoms with Gasteiger partial charge in [-0.1, -0.05) is 27.7 Å². The van der Waals surface area contributed by atoms with E-state index in [1.54, 1.807) is 0 Å². The standard InChI is InChI=1S/C9H18/c1-7(2)9(3,4)8-5-6-8/h7-8H,5-6H2,1-4H3. The lowest BCUT2D eigenvalue weighted by Crippen LogP contribution is -2.21. The molecule has 0 nitrogen and oxygen atoms in total. The highest BCUT2D eigenvalue weighted by Gasteiger charge is 2.39. The Bertz CT molecular complexity index is 92.6. The van der Waals surface area contributed by atoms with Crippen LogP contribution in [0, 0.1) is 17.3 Å². The molecule has 0 saturated heterocycles. The molecule has 54 valence electrons. The van der Waals surface area contributed by atoms with E-state index < -0.39 is 0 Å². The van der Waals surface area contributed by atoms with Crippen LogP contribution in [0.5, 0.6) is 0 Å². The van der Waals surface area contributed by atoms with Gasteiger partial charge in [0.15, 0.2) is 0 Å². The van der Waals surface area contributed by atoms with Crippen LogP contribution in [0.1, 0.15) is 40.5 Å². The smallest absolute Gasteiger partial charge is 0.0303 e. The maximum Gasteiger partial charge on any atom is -0.0303 e. The lowest BCUT2D eigenvalue weighted by atomic mass is 9.77. The number of rotatable bonds is 2. The monoisotopic (exact) mass is 126 g/mol. The van der Waals surface area contributed by atoms with Crippen molar-refractivity contribution in [3.63, 3.8) is 0 Å². The lowest BCUT2D eigenvalue weighted by Gasteiger charge is -2.28. The molecule has 0 heterocycles. The van der Waals surface area contributed by atoms with E-state index in [2.05, 4.69) is 27.7 Å². The van der Waals surface area contributed by atoms with Crippen LogP contribution in [0.25, 0.3) is 0 Å². The molecule has 0 N–H and O–H groups in total. The quantitative estimate of drug-likeness (QED) is 0.533. The summed E-state index contributed by atoms with van der Waals surface area (Å²) in [6.45, 7) is 9.46. The molecule has 1 aliphatic carbocycles. The summed E-state index contributed by atoms with van der Waals surface area (Å²) in [5.41, 5.74) is 0.611. The molecule has 0 aromatic carbocycles. The minimum absolute atomic E-state index is 0.611. The number of hydrogen-bond acceptors (Lipinski definition) is 0. The van der Waals surface area contributed by atoms with Gasteiger partial charge in [0.05, 0.1) is 0 Å². The normalized spacial score (nSPS) is 21.0. The van der Waals surface area contributed by atoms with Gasteiger partial charge in [-0.3, -0.25) is 0 Å². The average molecular weight is 126 g/mol. The molecule has 0 spiro atoms. The zero-order valence-corrected chi connectivity index (χ0v) is 7.07. The van der Waals surface area contributed by atoms with Crippen LogP contribution in [0.2, 0.25) is 0 Å². The molecule has 1 aliphatic rings. The van der Waals surface area contributed by atoms with Gasteiger partial charge in [-0.2, -0.15) is 0 Å². The van der Waals surface area contributed by atoms with Gasteiger partial charge in [-0.15, -0.1) is 0 Å². The summed E-state index contributed by atoms with van der Waals surface area (Å²) in [6, 6.07) is 0. The van der Waals surface area contributed by atoms with Crippen molar-refractivity contribution in [1.29, 1.82) is 0 Å². The van der Waals surface area contributed by atoms with E-state index >= 15 is 0 Å². The van der Waals surface area contributed by atoms with E-state index in [-0.39, 0.29) is 0 Å². The van der Waals surface area contributed by atoms with Crippen molar-refractivity contribution in [2.45, 2.75) is 40.5 Å². The summed E-state index contributed by atoms with van der Waals surface area (Å²) in [5, 5.41) is 0. The van der Waals surface area contributed by atoms with Gasteiger partial charge < -0.3 is 0 Å². The first-order valence-electron chi connectivity index (χ1n) is 4.05. The summed E-state index contributed by atoms with van der Waals surface area (Å²) in [5.74, 6) is 1.89. The third-order valence-corrected chi connectivity index (χ3v) is 3.12. The summed E-state index contributed by atoms with van der Waals surface area (Å²) in [4.78, 5) is 0. The molecule has 0 bridgehead atoms. The Morgan fingerprint density at radius 3 is 1.78 bits per heavy atom. The van der Waals surface area contributed by atoms with E-state index in [0.717, 1.165) is 11.8 Å². The largest absolute Gasteiger partial charge is 0.0623 e. The molecule has 0 amide bonds. The summed E-state index contributed by atoms with van der Waals surface area (Å²) in [7, 11) is 0. The molecule has 0 radical (unpaired) electrons. The fourth-order valence-corrected chi connectivity index (χ4v) is 1.30.